The molecule has 0 saturated heterocycles. The summed E-state index contributed by atoms with van der Waals surface area (Å²) in [6.45, 7) is 3.78. The van der Waals surface area contributed by atoms with Crippen molar-refractivity contribution in [3.05, 3.63) is 108 Å². The van der Waals surface area contributed by atoms with Gasteiger partial charge >= 0.3 is 0 Å². The molecule has 8 heteroatoms. The fraction of sp³-hybridized carbons (Fsp3) is 0.185. The highest BCUT2D eigenvalue weighted by Gasteiger charge is 2.16. The van der Waals surface area contributed by atoms with Crippen LogP contribution < -0.4 is 10.0 Å². The Kier molecular flexibility index (Phi) is 7.43. The van der Waals surface area contributed by atoms with Crippen molar-refractivity contribution in [1.29, 1.82) is 0 Å². The summed E-state index contributed by atoms with van der Waals surface area (Å²) in [6, 6.07) is 26.1. The molecule has 0 radical (unpaired) electrons. The molecule has 0 saturated carbocycles. The zero-order valence-corrected chi connectivity index (χ0v) is 20.5. The number of hydrogen-bond acceptors (Lipinski definition) is 4. The van der Waals surface area contributed by atoms with E-state index in [1.54, 1.807) is 49.0 Å². The molecule has 180 valence electrons. The van der Waals surface area contributed by atoms with Crippen molar-refractivity contribution >= 4 is 15.9 Å². The molecule has 7 nitrogen and oxygen atoms in total. The van der Waals surface area contributed by atoms with Crippen LogP contribution in [0.5, 0.6) is 0 Å². The van der Waals surface area contributed by atoms with E-state index in [2.05, 4.69) is 15.1 Å². The van der Waals surface area contributed by atoms with Gasteiger partial charge < -0.3 is 5.32 Å². The number of nitrogens with zero attached hydrogens (tertiary/aromatic N) is 2. The van der Waals surface area contributed by atoms with Crippen molar-refractivity contribution in [3.63, 3.8) is 0 Å². The van der Waals surface area contributed by atoms with Crippen LogP contribution in [0, 0.1) is 0 Å². The van der Waals surface area contributed by atoms with Crippen LogP contribution in [0.3, 0.4) is 0 Å². The maximum atomic E-state index is 13.0. The van der Waals surface area contributed by atoms with Gasteiger partial charge in [-0.25, -0.2) is 17.8 Å². The van der Waals surface area contributed by atoms with E-state index in [1.807, 2.05) is 60.7 Å². The Morgan fingerprint density at radius 2 is 1.63 bits per heavy atom. The molecule has 0 fully saturated rings. The lowest BCUT2D eigenvalue weighted by atomic mass is 10.1. The number of sulfonamides is 1. The molecule has 1 aromatic heterocycles. The second kappa shape index (κ2) is 10.7. The molecule has 2 N–H and O–H groups in total. The van der Waals surface area contributed by atoms with Crippen LogP contribution in [-0.4, -0.2) is 30.1 Å². The number of carbonyl (C=O) groups excluding carboxylic acids is 1. The van der Waals surface area contributed by atoms with Gasteiger partial charge in [-0.05, 0) is 49.2 Å². The summed E-state index contributed by atoms with van der Waals surface area (Å²) in [5.41, 5.74) is 4.62. The van der Waals surface area contributed by atoms with Crippen LogP contribution in [0.4, 0.5) is 0 Å². The fourth-order valence-electron chi connectivity index (χ4n) is 3.87. The first-order valence-electron chi connectivity index (χ1n) is 11.4. The predicted molar refractivity (Wildman–Crippen MR) is 138 cm³/mol. The lowest BCUT2D eigenvalue weighted by Gasteiger charge is -2.14. The first-order valence-corrected chi connectivity index (χ1v) is 13.0. The minimum Gasteiger partial charge on any atom is -0.348 e. The van der Waals surface area contributed by atoms with E-state index in [0.29, 0.717) is 11.1 Å². The van der Waals surface area contributed by atoms with Crippen LogP contribution >= 0.6 is 0 Å². The number of rotatable bonds is 9. The predicted octanol–water partition coefficient (Wildman–Crippen LogP) is 4.30. The van der Waals surface area contributed by atoms with Crippen LogP contribution in [-0.2, 0) is 22.3 Å². The first kappa shape index (κ1) is 24.4. The van der Waals surface area contributed by atoms with Gasteiger partial charge in [0.15, 0.2) is 0 Å². The summed E-state index contributed by atoms with van der Waals surface area (Å²) >= 11 is 0. The number of hydrogen-bond donors (Lipinski definition) is 2. The van der Waals surface area contributed by atoms with Gasteiger partial charge in [0.05, 0.1) is 23.3 Å². The van der Waals surface area contributed by atoms with E-state index < -0.39 is 10.0 Å². The number of nitrogens with one attached hydrogen (secondary N) is 2. The third-order valence-electron chi connectivity index (χ3n) is 5.38. The summed E-state index contributed by atoms with van der Waals surface area (Å²) in [4.78, 5) is 13.0. The molecule has 0 atom stereocenters. The quantitative estimate of drug-likeness (QED) is 0.367. The molecule has 0 bridgehead atoms. The molecule has 0 spiro atoms. The lowest BCUT2D eigenvalue weighted by molar-refractivity contribution is 0.0951. The first-order chi connectivity index (χ1) is 16.8. The van der Waals surface area contributed by atoms with Gasteiger partial charge in [0.2, 0.25) is 10.0 Å². The minimum atomic E-state index is -3.48. The molecule has 3 aromatic carbocycles. The summed E-state index contributed by atoms with van der Waals surface area (Å²) in [5, 5.41) is 7.36. The highest BCUT2D eigenvalue weighted by atomic mass is 32.2. The van der Waals surface area contributed by atoms with Crippen molar-refractivity contribution in [3.8, 4) is 16.9 Å². The van der Waals surface area contributed by atoms with Crippen LogP contribution in [0.15, 0.2) is 91.1 Å². The van der Waals surface area contributed by atoms with Gasteiger partial charge in [0.1, 0.15) is 0 Å². The molecule has 4 rings (SSSR count). The second-order valence-electron chi connectivity index (χ2n) is 8.53. The van der Waals surface area contributed by atoms with E-state index in [0.717, 1.165) is 22.5 Å². The molecular weight excluding hydrogens is 460 g/mol. The van der Waals surface area contributed by atoms with Crippen molar-refractivity contribution in [2.75, 3.05) is 0 Å². The highest BCUT2D eigenvalue weighted by Crippen LogP contribution is 2.22. The van der Waals surface area contributed by atoms with Gasteiger partial charge in [0, 0.05) is 23.7 Å². The molecule has 0 unspecified atom stereocenters. The molecule has 1 amide bonds. The topological polar surface area (TPSA) is 93.1 Å². The molecule has 0 aliphatic heterocycles. The third kappa shape index (κ3) is 6.23. The van der Waals surface area contributed by atoms with Gasteiger partial charge in [-0.1, -0.05) is 60.7 Å². The zero-order chi connectivity index (χ0) is 24.8. The van der Waals surface area contributed by atoms with Crippen molar-refractivity contribution in [2.45, 2.75) is 32.2 Å². The normalized spacial score (nSPS) is 11.5. The maximum Gasteiger partial charge on any atom is 0.251 e. The highest BCUT2D eigenvalue weighted by molar-refractivity contribution is 7.88. The van der Waals surface area contributed by atoms with E-state index in [1.165, 1.54) is 0 Å². The van der Waals surface area contributed by atoms with Crippen LogP contribution in [0.1, 0.15) is 35.3 Å². The number of aromatic nitrogens is 2. The Hall–Kier alpha value is -3.75. The largest absolute Gasteiger partial charge is 0.348 e. The monoisotopic (exact) mass is 488 g/mol. The van der Waals surface area contributed by atoms with Gasteiger partial charge in [0.25, 0.3) is 5.91 Å². The minimum absolute atomic E-state index is 0.145. The standard InChI is InChI=1S/C27H28N4O3S/c1-20(2)30-35(33,34)19-24-12-7-6-11-23(24)18-28-27(32)22-13-8-14-25(17-22)31-26(15-16-29-31)21-9-4-3-5-10-21/h3-17,20,30H,18-19H2,1-2H3,(H,28,32). The fourth-order valence-corrected chi connectivity index (χ4v) is 5.36. The Bertz CT molecular complexity index is 1410. The van der Waals surface area contributed by atoms with Crippen molar-refractivity contribution < 1.29 is 13.2 Å². The van der Waals surface area contributed by atoms with E-state index in [4.69, 9.17) is 0 Å². The smallest absolute Gasteiger partial charge is 0.251 e. The number of amides is 1. The lowest BCUT2D eigenvalue weighted by Crippen LogP contribution is -2.32. The third-order valence-corrected chi connectivity index (χ3v) is 6.91. The van der Waals surface area contributed by atoms with E-state index in [-0.39, 0.29) is 24.2 Å². The van der Waals surface area contributed by atoms with Crippen LogP contribution in [0.2, 0.25) is 0 Å². The van der Waals surface area contributed by atoms with E-state index in [9.17, 15) is 13.2 Å². The summed E-state index contributed by atoms with van der Waals surface area (Å²) in [6.07, 6.45) is 1.73. The van der Waals surface area contributed by atoms with Crippen LogP contribution in [0.25, 0.3) is 16.9 Å². The van der Waals surface area contributed by atoms with Gasteiger partial charge in [-0.2, -0.15) is 5.10 Å². The van der Waals surface area contributed by atoms with Gasteiger partial charge in [-0.3, -0.25) is 4.79 Å². The molecule has 4 aromatic rings. The average Bonchev–Trinajstić information content (AvgIpc) is 3.33. The Balaban J connectivity index is 1.50. The average molecular weight is 489 g/mol. The Labute approximate surface area is 205 Å². The molecule has 1 heterocycles. The summed E-state index contributed by atoms with van der Waals surface area (Å²) < 4.78 is 29.2. The zero-order valence-electron chi connectivity index (χ0n) is 19.7. The second-order valence-corrected chi connectivity index (χ2v) is 10.3. The Morgan fingerprint density at radius 3 is 2.37 bits per heavy atom. The van der Waals surface area contributed by atoms with Gasteiger partial charge in [-0.15, -0.1) is 0 Å². The van der Waals surface area contributed by atoms with E-state index >= 15 is 0 Å². The molecule has 0 aliphatic rings. The molecule has 35 heavy (non-hydrogen) atoms. The number of carbonyl (C=O) groups is 1. The Morgan fingerprint density at radius 1 is 0.914 bits per heavy atom. The summed E-state index contributed by atoms with van der Waals surface area (Å²) in [7, 11) is -3.48. The molecular formula is C27H28N4O3S. The van der Waals surface area contributed by atoms with Crippen molar-refractivity contribution in [1.82, 2.24) is 19.8 Å². The number of benzene rings is 3. The molecule has 0 aliphatic carbocycles. The SMILES string of the molecule is CC(C)NS(=O)(=O)Cc1ccccc1CNC(=O)c1cccc(-n2nccc2-c2ccccc2)c1. The summed E-state index contributed by atoms with van der Waals surface area (Å²) in [5.74, 6) is -0.396. The maximum absolute atomic E-state index is 13.0. The van der Waals surface area contributed by atoms with Crippen molar-refractivity contribution in [2.24, 2.45) is 0 Å².